The number of methoxy groups -OCH3 is 2. The van der Waals surface area contributed by atoms with Crippen molar-refractivity contribution < 1.29 is 14.3 Å². The molecule has 1 atom stereocenters. The van der Waals surface area contributed by atoms with E-state index in [1.807, 2.05) is 18.2 Å². The number of nitrogens with zero attached hydrogens (tertiary/aromatic N) is 4. The van der Waals surface area contributed by atoms with Crippen LogP contribution in [0.4, 0.5) is 5.95 Å². The molecular weight excluding hydrogens is 378 g/mol. The summed E-state index contributed by atoms with van der Waals surface area (Å²) in [6.45, 7) is 1.11. The van der Waals surface area contributed by atoms with Crippen LogP contribution in [0.3, 0.4) is 0 Å². The van der Waals surface area contributed by atoms with Gasteiger partial charge >= 0.3 is 0 Å². The fourth-order valence-corrected chi connectivity index (χ4v) is 4.48. The first-order valence-corrected chi connectivity index (χ1v) is 9.84. The Morgan fingerprint density at radius 2 is 1.96 bits per heavy atom. The number of thiazole rings is 1. The van der Waals surface area contributed by atoms with Crippen LogP contribution in [0.15, 0.2) is 30.3 Å². The Morgan fingerprint density at radius 1 is 1.21 bits per heavy atom. The zero-order valence-corrected chi connectivity index (χ0v) is 16.5. The van der Waals surface area contributed by atoms with Gasteiger partial charge in [-0.15, -0.1) is 11.3 Å². The number of nitrogens with one attached hydrogen (secondary N) is 1. The van der Waals surface area contributed by atoms with E-state index in [2.05, 4.69) is 26.3 Å². The lowest BCUT2D eigenvalue weighted by molar-refractivity contribution is -0.117. The molecule has 146 valence electrons. The molecule has 0 aliphatic carbocycles. The molecular formula is C19H21N5O3S. The standard InChI is InChI=1S/C19H21N5O3S/c1-26-16-10-17(27-2)23-19(22-16)21-15(25)11-24-9-5-7-13(24)18-20-12-6-3-4-8-14(12)28-18/h3-4,6,8,10,13H,5,7,9,11H2,1-2H3,(H,21,22,23,25)/t13-/m1/s1. The third-order valence-electron chi connectivity index (χ3n) is 4.65. The summed E-state index contributed by atoms with van der Waals surface area (Å²) < 4.78 is 11.4. The van der Waals surface area contributed by atoms with Crippen LogP contribution in [0.1, 0.15) is 23.9 Å². The average Bonchev–Trinajstić information content (AvgIpc) is 3.33. The lowest BCUT2D eigenvalue weighted by Crippen LogP contribution is -2.33. The molecule has 1 aliphatic rings. The number of hydrogen-bond donors (Lipinski definition) is 1. The van der Waals surface area contributed by atoms with Crippen molar-refractivity contribution in [1.82, 2.24) is 19.9 Å². The maximum absolute atomic E-state index is 12.6. The SMILES string of the molecule is COc1cc(OC)nc(NC(=O)CN2CCC[C@@H]2c2nc3ccccc3s2)n1. The molecule has 1 saturated heterocycles. The van der Waals surface area contributed by atoms with Gasteiger partial charge < -0.3 is 9.47 Å². The van der Waals surface area contributed by atoms with E-state index >= 15 is 0 Å². The van der Waals surface area contributed by atoms with Gasteiger partial charge in [0.2, 0.25) is 23.6 Å². The summed E-state index contributed by atoms with van der Waals surface area (Å²) in [6.07, 6.45) is 2.04. The molecule has 0 spiro atoms. The van der Waals surface area contributed by atoms with Crippen molar-refractivity contribution in [3.63, 3.8) is 0 Å². The molecule has 1 fully saturated rings. The van der Waals surface area contributed by atoms with Crippen molar-refractivity contribution in [2.45, 2.75) is 18.9 Å². The van der Waals surface area contributed by atoms with Gasteiger partial charge in [0, 0.05) is 0 Å². The Kier molecular flexibility index (Phi) is 5.36. The van der Waals surface area contributed by atoms with Crippen LogP contribution in [-0.2, 0) is 4.79 Å². The second-order valence-electron chi connectivity index (χ2n) is 6.47. The molecule has 0 bridgehead atoms. The minimum Gasteiger partial charge on any atom is -0.481 e. The Bertz CT molecular complexity index is 937. The fraction of sp³-hybridized carbons (Fsp3) is 0.368. The van der Waals surface area contributed by atoms with Crippen LogP contribution in [-0.4, -0.2) is 53.1 Å². The summed E-state index contributed by atoms with van der Waals surface area (Å²) >= 11 is 1.70. The van der Waals surface area contributed by atoms with Gasteiger partial charge in [-0.1, -0.05) is 12.1 Å². The van der Waals surface area contributed by atoms with E-state index in [1.165, 1.54) is 18.9 Å². The van der Waals surface area contributed by atoms with E-state index in [0.29, 0.717) is 11.8 Å². The van der Waals surface area contributed by atoms with Crippen molar-refractivity contribution in [2.24, 2.45) is 0 Å². The maximum Gasteiger partial charge on any atom is 0.240 e. The molecule has 4 rings (SSSR count). The normalized spacial score (nSPS) is 17.0. The largest absolute Gasteiger partial charge is 0.481 e. The van der Waals surface area contributed by atoms with Crippen molar-refractivity contribution in [3.8, 4) is 11.8 Å². The highest BCUT2D eigenvalue weighted by Gasteiger charge is 2.30. The van der Waals surface area contributed by atoms with Gasteiger partial charge in [0.25, 0.3) is 0 Å². The lowest BCUT2D eigenvalue weighted by atomic mass is 10.2. The first-order valence-electron chi connectivity index (χ1n) is 9.02. The monoisotopic (exact) mass is 399 g/mol. The number of rotatable bonds is 6. The molecule has 1 amide bonds. The van der Waals surface area contributed by atoms with Crippen LogP contribution >= 0.6 is 11.3 Å². The number of ether oxygens (including phenoxy) is 2. The summed E-state index contributed by atoms with van der Waals surface area (Å²) in [7, 11) is 3.00. The Morgan fingerprint density at radius 3 is 2.68 bits per heavy atom. The molecule has 2 aromatic heterocycles. The van der Waals surface area contributed by atoms with Crippen LogP contribution in [0, 0.1) is 0 Å². The maximum atomic E-state index is 12.6. The molecule has 0 radical (unpaired) electrons. The van der Waals surface area contributed by atoms with E-state index in [1.54, 1.807) is 17.4 Å². The van der Waals surface area contributed by atoms with Crippen LogP contribution in [0.5, 0.6) is 11.8 Å². The molecule has 1 N–H and O–H groups in total. The predicted octanol–water partition coefficient (Wildman–Crippen LogP) is 2.88. The Balaban J connectivity index is 1.46. The van der Waals surface area contributed by atoms with Gasteiger partial charge in [-0.05, 0) is 31.5 Å². The third-order valence-corrected chi connectivity index (χ3v) is 5.79. The average molecular weight is 399 g/mol. The number of anilines is 1. The molecule has 1 aliphatic heterocycles. The topological polar surface area (TPSA) is 89.5 Å². The Labute approximate surface area is 166 Å². The van der Waals surface area contributed by atoms with Gasteiger partial charge in [0.05, 0.1) is 43.1 Å². The van der Waals surface area contributed by atoms with Gasteiger partial charge in [0.15, 0.2) is 0 Å². The van der Waals surface area contributed by atoms with E-state index in [-0.39, 0.29) is 24.4 Å². The number of para-hydroxylation sites is 1. The molecule has 28 heavy (non-hydrogen) atoms. The number of carbonyl (C=O) groups is 1. The highest BCUT2D eigenvalue weighted by molar-refractivity contribution is 7.18. The van der Waals surface area contributed by atoms with Gasteiger partial charge in [-0.25, -0.2) is 4.98 Å². The molecule has 3 heterocycles. The zero-order chi connectivity index (χ0) is 19.5. The highest BCUT2D eigenvalue weighted by Crippen LogP contribution is 2.36. The third kappa shape index (κ3) is 3.90. The minimum absolute atomic E-state index is 0.156. The summed E-state index contributed by atoms with van der Waals surface area (Å²) in [5.41, 5.74) is 1.01. The molecule has 0 unspecified atom stereocenters. The second-order valence-corrected chi connectivity index (χ2v) is 7.54. The van der Waals surface area contributed by atoms with Crippen molar-refractivity contribution >= 4 is 33.4 Å². The first kappa shape index (κ1) is 18.6. The number of fused-ring (bicyclic) bond motifs is 1. The predicted molar refractivity (Wildman–Crippen MR) is 107 cm³/mol. The summed E-state index contributed by atoms with van der Waals surface area (Å²) in [5, 5.41) is 3.80. The van der Waals surface area contributed by atoms with Crippen LogP contribution in [0.2, 0.25) is 0 Å². The highest BCUT2D eigenvalue weighted by atomic mass is 32.1. The first-order chi connectivity index (χ1) is 13.7. The van der Waals surface area contributed by atoms with E-state index in [9.17, 15) is 4.79 Å². The van der Waals surface area contributed by atoms with E-state index < -0.39 is 0 Å². The number of benzene rings is 1. The van der Waals surface area contributed by atoms with Crippen LogP contribution < -0.4 is 14.8 Å². The van der Waals surface area contributed by atoms with E-state index in [0.717, 1.165) is 29.9 Å². The molecule has 1 aromatic carbocycles. The van der Waals surface area contributed by atoms with Crippen LogP contribution in [0.25, 0.3) is 10.2 Å². The number of likely N-dealkylation sites (tertiary alicyclic amines) is 1. The number of carbonyl (C=O) groups excluding carboxylic acids is 1. The van der Waals surface area contributed by atoms with Gasteiger partial charge in [-0.3, -0.25) is 15.0 Å². The van der Waals surface area contributed by atoms with Crippen molar-refractivity contribution in [1.29, 1.82) is 0 Å². The number of hydrogen-bond acceptors (Lipinski definition) is 8. The number of amides is 1. The molecule has 9 heteroatoms. The van der Waals surface area contributed by atoms with Crippen molar-refractivity contribution in [3.05, 3.63) is 35.3 Å². The smallest absolute Gasteiger partial charge is 0.240 e. The summed E-state index contributed by atoms with van der Waals surface area (Å²) in [6, 6.07) is 9.83. The molecule has 8 nitrogen and oxygen atoms in total. The molecule has 0 saturated carbocycles. The fourth-order valence-electron chi connectivity index (χ4n) is 3.35. The van der Waals surface area contributed by atoms with Crippen molar-refractivity contribution in [2.75, 3.05) is 32.6 Å². The minimum atomic E-state index is -0.177. The van der Waals surface area contributed by atoms with Gasteiger partial charge in [-0.2, -0.15) is 9.97 Å². The van der Waals surface area contributed by atoms with E-state index in [4.69, 9.17) is 14.5 Å². The quantitative estimate of drug-likeness (QED) is 0.682. The Hall–Kier alpha value is -2.78. The lowest BCUT2D eigenvalue weighted by Gasteiger charge is -2.21. The number of aromatic nitrogens is 3. The zero-order valence-electron chi connectivity index (χ0n) is 15.7. The van der Waals surface area contributed by atoms with Gasteiger partial charge in [0.1, 0.15) is 5.01 Å². The summed E-state index contributed by atoms with van der Waals surface area (Å²) in [4.78, 5) is 27.8. The second kappa shape index (κ2) is 8.07. The molecule has 3 aromatic rings. The summed E-state index contributed by atoms with van der Waals surface area (Å²) in [5.74, 6) is 0.645.